The van der Waals surface area contributed by atoms with Gasteiger partial charge in [-0.1, -0.05) is 0 Å². The lowest BCUT2D eigenvalue weighted by Gasteiger charge is -2.45. The summed E-state index contributed by atoms with van der Waals surface area (Å²) < 4.78 is 38.0. The number of carbonyl (C=O) groups excluding carboxylic acids is 1. The third-order valence-corrected chi connectivity index (χ3v) is 4.74. The lowest BCUT2D eigenvalue weighted by Crippen LogP contribution is -2.61. The molecule has 0 bridgehead atoms. The Morgan fingerprint density at radius 2 is 1.90 bits per heavy atom. The van der Waals surface area contributed by atoms with Crippen LogP contribution in [0.1, 0.15) is 32.1 Å². The van der Waals surface area contributed by atoms with Crippen molar-refractivity contribution in [2.24, 2.45) is 5.92 Å². The summed E-state index contributed by atoms with van der Waals surface area (Å²) in [4.78, 5) is 14.5. The van der Waals surface area contributed by atoms with Gasteiger partial charge in [-0.3, -0.25) is 4.79 Å². The first-order valence-corrected chi connectivity index (χ1v) is 7.37. The van der Waals surface area contributed by atoms with E-state index in [0.29, 0.717) is 45.8 Å². The monoisotopic (exact) mass is 289 g/mol. The van der Waals surface area contributed by atoms with E-state index >= 15 is 0 Å². The van der Waals surface area contributed by atoms with Crippen molar-refractivity contribution < 1.29 is 23.0 Å². The Balaban J connectivity index is 1.74. The SMILES string of the molecule is O=C([C@H]1CCCC(F)(F)C1)N1CCOC[C@]12CCOC2. The standard InChI is InChI=1S/C14H21F2NO3/c15-14(16)3-1-2-11(8-14)12(18)17-5-7-20-10-13(17)4-6-19-9-13/h11H,1-10H2/t11-,13+/m0/s1. The predicted molar refractivity (Wildman–Crippen MR) is 67.6 cm³/mol. The first kappa shape index (κ1) is 14.2. The number of carbonyl (C=O) groups is 1. The Morgan fingerprint density at radius 1 is 1.15 bits per heavy atom. The Morgan fingerprint density at radius 3 is 2.60 bits per heavy atom. The summed E-state index contributed by atoms with van der Waals surface area (Å²) in [6.07, 6.45) is 1.34. The molecule has 3 fully saturated rings. The maximum atomic E-state index is 13.5. The van der Waals surface area contributed by atoms with Crippen LogP contribution in [-0.2, 0) is 14.3 Å². The molecule has 0 aromatic heterocycles. The fourth-order valence-corrected chi connectivity index (χ4v) is 3.60. The van der Waals surface area contributed by atoms with Crippen LogP contribution < -0.4 is 0 Å². The van der Waals surface area contributed by atoms with Crippen LogP contribution in [0.25, 0.3) is 0 Å². The third-order valence-electron chi connectivity index (χ3n) is 4.74. The van der Waals surface area contributed by atoms with Crippen LogP contribution >= 0.6 is 0 Å². The number of rotatable bonds is 1. The summed E-state index contributed by atoms with van der Waals surface area (Å²) in [5, 5.41) is 0. The molecular weight excluding hydrogens is 268 g/mol. The highest BCUT2D eigenvalue weighted by molar-refractivity contribution is 5.80. The molecule has 4 nitrogen and oxygen atoms in total. The van der Waals surface area contributed by atoms with Gasteiger partial charge in [0.2, 0.25) is 11.8 Å². The van der Waals surface area contributed by atoms with Crippen molar-refractivity contribution in [3.8, 4) is 0 Å². The van der Waals surface area contributed by atoms with E-state index in [-0.39, 0.29) is 18.7 Å². The predicted octanol–water partition coefficient (Wildman–Crippen LogP) is 1.83. The highest BCUT2D eigenvalue weighted by Crippen LogP contribution is 2.39. The topological polar surface area (TPSA) is 38.8 Å². The van der Waals surface area contributed by atoms with Gasteiger partial charge >= 0.3 is 0 Å². The molecule has 20 heavy (non-hydrogen) atoms. The second-order valence-electron chi connectivity index (χ2n) is 6.22. The molecular formula is C14H21F2NO3. The number of hydrogen-bond acceptors (Lipinski definition) is 3. The van der Waals surface area contributed by atoms with E-state index in [0.717, 1.165) is 6.42 Å². The highest BCUT2D eigenvalue weighted by atomic mass is 19.3. The average Bonchev–Trinajstić information content (AvgIpc) is 2.86. The number of halogens is 2. The van der Waals surface area contributed by atoms with Gasteiger partial charge in [-0.2, -0.15) is 0 Å². The zero-order chi connectivity index (χ0) is 14.2. The minimum atomic E-state index is -2.69. The van der Waals surface area contributed by atoms with Gasteiger partial charge in [-0.25, -0.2) is 8.78 Å². The maximum absolute atomic E-state index is 13.5. The van der Waals surface area contributed by atoms with E-state index in [2.05, 4.69) is 0 Å². The molecule has 0 aromatic rings. The Kier molecular flexibility index (Phi) is 3.71. The lowest BCUT2D eigenvalue weighted by molar-refractivity contribution is -0.160. The van der Waals surface area contributed by atoms with Gasteiger partial charge in [0.05, 0.1) is 25.4 Å². The maximum Gasteiger partial charge on any atom is 0.248 e. The van der Waals surface area contributed by atoms with Crippen LogP contribution in [0.4, 0.5) is 8.78 Å². The summed E-state index contributed by atoms with van der Waals surface area (Å²) in [5.74, 6) is -3.36. The molecule has 0 N–H and O–H groups in total. The number of amides is 1. The van der Waals surface area contributed by atoms with Crippen molar-refractivity contribution in [2.45, 2.75) is 43.6 Å². The molecule has 2 heterocycles. The highest BCUT2D eigenvalue weighted by Gasteiger charge is 2.49. The molecule has 3 rings (SSSR count). The van der Waals surface area contributed by atoms with Crippen LogP contribution in [0, 0.1) is 5.92 Å². The fourth-order valence-electron chi connectivity index (χ4n) is 3.60. The van der Waals surface area contributed by atoms with E-state index in [4.69, 9.17) is 9.47 Å². The molecule has 1 aliphatic carbocycles. The number of hydrogen-bond donors (Lipinski definition) is 0. The number of alkyl halides is 2. The van der Waals surface area contributed by atoms with Gasteiger partial charge in [0, 0.05) is 31.9 Å². The number of morpholine rings is 1. The molecule has 1 saturated carbocycles. The summed E-state index contributed by atoms with van der Waals surface area (Å²) in [6, 6.07) is 0. The van der Waals surface area contributed by atoms with E-state index in [9.17, 15) is 13.6 Å². The van der Waals surface area contributed by atoms with E-state index in [1.54, 1.807) is 4.90 Å². The molecule has 0 unspecified atom stereocenters. The lowest BCUT2D eigenvalue weighted by atomic mass is 9.84. The van der Waals surface area contributed by atoms with Crippen LogP contribution in [-0.4, -0.2) is 55.2 Å². The molecule has 6 heteroatoms. The number of ether oxygens (including phenoxy) is 2. The first-order chi connectivity index (χ1) is 9.53. The molecule has 1 spiro atoms. The van der Waals surface area contributed by atoms with Crippen molar-refractivity contribution in [3.63, 3.8) is 0 Å². The van der Waals surface area contributed by atoms with Crippen LogP contribution in [0.2, 0.25) is 0 Å². The first-order valence-electron chi connectivity index (χ1n) is 7.37. The smallest absolute Gasteiger partial charge is 0.248 e. The number of nitrogens with zero attached hydrogens (tertiary/aromatic N) is 1. The van der Waals surface area contributed by atoms with Crippen molar-refractivity contribution in [1.29, 1.82) is 0 Å². The van der Waals surface area contributed by atoms with Gasteiger partial charge in [0.1, 0.15) is 0 Å². The Bertz CT molecular complexity index is 383. The minimum absolute atomic E-state index is 0.0891. The summed E-state index contributed by atoms with van der Waals surface area (Å²) >= 11 is 0. The van der Waals surface area contributed by atoms with Crippen LogP contribution in [0.3, 0.4) is 0 Å². The van der Waals surface area contributed by atoms with E-state index in [1.807, 2.05) is 0 Å². The quantitative estimate of drug-likeness (QED) is 0.739. The summed E-state index contributed by atoms with van der Waals surface area (Å²) in [7, 11) is 0. The molecule has 2 atom stereocenters. The van der Waals surface area contributed by atoms with Gasteiger partial charge in [0.25, 0.3) is 0 Å². The van der Waals surface area contributed by atoms with Crippen LogP contribution in [0.15, 0.2) is 0 Å². The normalized spacial score (nSPS) is 37.3. The van der Waals surface area contributed by atoms with E-state index in [1.165, 1.54) is 0 Å². The summed E-state index contributed by atoms with van der Waals surface area (Å²) in [5.41, 5.74) is -0.415. The largest absolute Gasteiger partial charge is 0.379 e. The molecule has 0 aromatic carbocycles. The Labute approximate surface area is 117 Å². The summed E-state index contributed by atoms with van der Waals surface area (Å²) in [6.45, 7) is 2.50. The van der Waals surface area contributed by atoms with Gasteiger partial charge in [-0.15, -0.1) is 0 Å². The van der Waals surface area contributed by atoms with Gasteiger partial charge < -0.3 is 14.4 Å². The Hall–Kier alpha value is -0.750. The van der Waals surface area contributed by atoms with Crippen molar-refractivity contribution in [1.82, 2.24) is 4.90 Å². The van der Waals surface area contributed by atoms with Crippen LogP contribution in [0.5, 0.6) is 0 Å². The molecule has 0 radical (unpaired) electrons. The third kappa shape index (κ3) is 2.55. The molecule has 1 amide bonds. The second-order valence-corrected chi connectivity index (χ2v) is 6.22. The zero-order valence-corrected chi connectivity index (χ0v) is 11.6. The van der Waals surface area contributed by atoms with Gasteiger partial charge in [0.15, 0.2) is 0 Å². The average molecular weight is 289 g/mol. The van der Waals surface area contributed by atoms with Crippen molar-refractivity contribution in [3.05, 3.63) is 0 Å². The molecule has 114 valence electrons. The zero-order valence-electron chi connectivity index (χ0n) is 11.6. The van der Waals surface area contributed by atoms with Crippen molar-refractivity contribution in [2.75, 3.05) is 33.0 Å². The molecule has 2 aliphatic heterocycles. The molecule has 2 saturated heterocycles. The molecule has 3 aliphatic rings. The fraction of sp³-hybridized carbons (Fsp3) is 0.929. The minimum Gasteiger partial charge on any atom is -0.379 e. The van der Waals surface area contributed by atoms with Crippen molar-refractivity contribution >= 4 is 5.91 Å². The second kappa shape index (κ2) is 5.22. The van der Waals surface area contributed by atoms with Gasteiger partial charge in [-0.05, 0) is 19.3 Å². The van der Waals surface area contributed by atoms with E-state index < -0.39 is 17.4 Å².